The summed E-state index contributed by atoms with van der Waals surface area (Å²) in [6.07, 6.45) is -4.81. The first kappa shape index (κ1) is 20.5. The van der Waals surface area contributed by atoms with E-state index >= 15 is 0 Å². The molecular formula is C17H17ClF3NO3S. The molecule has 0 aliphatic heterocycles. The van der Waals surface area contributed by atoms with Gasteiger partial charge < -0.3 is 10.1 Å². The predicted octanol–water partition coefficient (Wildman–Crippen LogP) is 4.03. The van der Waals surface area contributed by atoms with Gasteiger partial charge in [0.15, 0.2) is 9.84 Å². The topological polar surface area (TPSA) is 55.4 Å². The zero-order valence-corrected chi connectivity index (χ0v) is 15.6. The maximum Gasteiger partial charge on any atom is 0.417 e. The van der Waals surface area contributed by atoms with Crippen LogP contribution in [0.25, 0.3) is 11.1 Å². The normalized spacial score (nSPS) is 12.2. The van der Waals surface area contributed by atoms with Crippen molar-refractivity contribution < 1.29 is 26.3 Å². The van der Waals surface area contributed by atoms with Crippen LogP contribution in [-0.4, -0.2) is 34.9 Å². The predicted molar refractivity (Wildman–Crippen MR) is 94.4 cm³/mol. The molecule has 0 aromatic heterocycles. The van der Waals surface area contributed by atoms with Gasteiger partial charge in [0.1, 0.15) is 5.75 Å². The van der Waals surface area contributed by atoms with E-state index in [4.69, 9.17) is 16.3 Å². The van der Waals surface area contributed by atoms with E-state index in [-0.39, 0.29) is 17.1 Å². The molecule has 1 N–H and O–H groups in total. The molecule has 2 aromatic carbocycles. The molecule has 0 saturated heterocycles. The van der Waals surface area contributed by atoms with E-state index in [9.17, 15) is 21.6 Å². The van der Waals surface area contributed by atoms with Gasteiger partial charge in [0, 0.05) is 6.54 Å². The number of ether oxygens (including phenoxy) is 1. The lowest BCUT2D eigenvalue weighted by Gasteiger charge is -2.15. The highest BCUT2D eigenvalue weighted by molar-refractivity contribution is 7.91. The lowest BCUT2D eigenvalue weighted by Crippen LogP contribution is -2.22. The highest BCUT2D eigenvalue weighted by atomic mass is 35.5. The largest absolute Gasteiger partial charge is 0.495 e. The molecule has 0 atom stereocenters. The number of hydrogen-bond acceptors (Lipinski definition) is 4. The molecule has 142 valence electrons. The Morgan fingerprint density at radius 1 is 1.12 bits per heavy atom. The lowest BCUT2D eigenvalue weighted by atomic mass is 10.0. The van der Waals surface area contributed by atoms with Gasteiger partial charge in [-0.05, 0) is 42.4 Å². The standard InChI is InChI=1S/C17H17ClF3NO3S/c1-22-7-8-26(23,24)16-6-4-11(9-13(16)17(19,20)21)12-3-5-15(25-2)14(18)10-12/h3-6,9-10,22H,7-8H2,1-2H3. The first-order chi connectivity index (χ1) is 12.1. The summed E-state index contributed by atoms with van der Waals surface area (Å²) >= 11 is 6.02. The maximum atomic E-state index is 13.5. The van der Waals surface area contributed by atoms with Crippen molar-refractivity contribution in [3.63, 3.8) is 0 Å². The zero-order chi connectivity index (χ0) is 19.5. The van der Waals surface area contributed by atoms with Crippen LogP contribution < -0.4 is 10.1 Å². The van der Waals surface area contributed by atoms with E-state index in [1.165, 1.54) is 32.4 Å². The molecule has 2 rings (SSSR count). The summed E-state index contributed by atoms with van der Waals surface area (Å²) in [6.45, 7) is 0.0511. The average molecular weight is 408 g/mol. The van der Waals surface area contributed by atoms with Gasteiger partial charge in [-0.25, -0.2) is 8.42 Å². The number of benzene rings is 2. The molecule has 0 aliphatic rings. The van der Waals surface area contributed by atoms with Crippen molar-refractivity contribution >= 4 is 21.4 Å². The molecule has 0 spiro atoms. The van der Waals surface area contributed by atoms with Crippen LogP contribution in [0.5, 0.6) is 5.75 Å². The second-order valence-corrected chi connectivity index (χ2v) is 7.97. The van der Waals surface area contributed by atoms with E-state index in [1.807, 2.05) is 0 Å². The number of nitrogens with one attached hydrogen (secondary N) is 1. The van der Waals surface area contributed by atoms with Gasteiger partial charge in [0.2, 0.25) is 0 Å². The summed E-state index contributed by atoms with van der Waals surface area (Å²) in [6, 6.07) is 7.69. The summed E-state index contributed by atoms with van der Waals surface area (Å²) in [5.74, 6) is -0.0435. The van der Waals surface area contributed by atoms with Crippen LogP contribution in [-0.2, 0) is 16.0 Å². The second-order valence-electron chi connectivity index (χ2n) is 5.48. The number of rotatable bonds is 6. The van der Waals surface area contributed by atoms with Crippen LogP contribution in [0.4, 0.5) is 13.2 Å². The number of alkyl halides is 3. The quantitative estimate of drug-likeness (QED) is 0.785. The van der Waals surface area contributed by atoms with Crippen LogP contribution >= 0.6 is 11.6 Å². The number of halogens is 4. The van der Waals surface area contributed by atoms with E-state index < -0.39 is 32.2 Å². The van der Waals surface area contributed by atoms with Gasteiger partial charge >= 0.3 is 6.18 Å². The van der Waals surface area contributed by atoms with Crippen LogP contribution in [0.3, 0.4) is 0 Å². The monoisotopic (exact) mass is 407 g/mol. The van der Waals surface area contributed by atoms with Crippen molar-refractivity contribution in [3.8, 4) is 16.9 Å². The maximum absolute atomic E-state index is 13.5. The molecule has 0 aliphatic carbocycles. The van der Waals surface area contributed by atoms with Gasteiger partial charge in [0.05, 0.1) is 28.3 Å². The van der Waals surface area contributed by atoms with Crippen LogP contribution in [0.15, 0.2) is 41.3 Å². The molecule has 0 unspecified atom stereocenters. The number of sulfone groups is 1. The summed E-state index contributed by atoms with van der Waals surface area (Å²) < 4.78 is 70.0. The van der Waals surface area contributed by atoms with Crippen molar-refractivity contribution in [1.29, 1.82) is 0 Å². The Bertz CT molecular complexity index is 899. The summed E-state index contributed by atoms with van der Waals surface area (Å²) in [7, 11) is -1.13. The van der Waals surface area contributed by atoms with Crippen LogP contribution in [0.1, 0.15) is 5.56 Å². The lowest BCUT2D eigenvalue weighted by molar-refractivity contribution is -0.139. The van der Waals surface area contributed by atoms with E-state index in [2.05, 4.69) is 5.32 Å². The Kier molecular flexibility index (Phi) is 6.21. The number of hydrogen-bond donors (Lipinski definition) is 1. The van der Waals surface area contributed by atoms with Gasteiger partial charge in [-0.1, -0.05) is 23.7 Å². The molecule has 4 nitrogen and oxygen atoms in total. The Balaban J connectivity index is 2.58. The molecule has 0 radical (unpaired) electrons. The van der Waals surface area contributed by atoms with Crippen molar-refractivity contribution in [2.24, 2.45) is 0 Å². The average Bonchev–Trinajstić information content (AvgIpc) is 2.58. The minimum absolute atomic E-state index is 0.0511. The third-order valence-electron chi connectivity index (χ3n) is 3.73. The minimum atomic E-state index is -4.81. The highest BCUT2D eigenvalue weighted by Crippen LogP contribution is 2.38. The molecular weight excluding hydrogens is 391 g/mol. The Hall–Kier alpha value is -1.77. The fourth-order valence-electron chi connectivity index (χ4n) is 2.39. The van der Waals surface area contributed by atoms with Crippen LogP contribution in [0.2, 0.25) is 5.02 Å². The van der Waals surface area contributed by atoms with E-state index in [1.54, 1.807) is 6.07 Å². The van der Waals surface area contributed by atoms with Crippen molar-refractivity contribution in [1.82, 2.24) is 5.32 Å². The molecule has 26 heavy (non-hydrogen) atoms. The van der Waals surface area contributed by atoms with Crippen LogP contribution in [0, 0.1) is 0 Å². The highest BCUT2D eigenvalue weighted by Gasteiger charge is 2.37. The van der Waals surface area contributed by atoms with Crippen molar-refractivity contribution in [3.05, 3.63) is 47.0 Å². The van der Waals surface area contributed by atoms with Gasteiger partial charge in [-0.2, -0.15) is 13.2 Å². The minimum Gasteiger partial charge on any atom is -0.495 e. The third kappa shape index (κ3) is 4.49. The molecule has 0 fully saturated rings. The molecule has 0 bridgehead atoms. The Morgan fingerprint density at radius 2 is 1.73 bits per heavy atom. The molecule has 2 aromatic rings. The van der Waals surface area contributed by atoms with E-state index in [0.717, 1.165) is 12.1 Å². The summed E-state index contributed by atoms with van der Waals surface area (Å²) in [5, 5.41) is 2.86. The molecule has 9 heteroatoms. The summed E-state index contributed by atoms with van der Waals surface area (Å²) in [5.41, 5.74) is -0.576. The fraction of sp³-hybridized carbons (Fsp3) is 0.294. The van der Waals surface area contributed by atoms with Crippen molar-refractivity contribution in [2.75, 3.05) is 26.5 Å². The molecule has 0 saturated carbocycles. The smallest absolute Gasteiger partial charge is 0.417 e. The fourth-order valence-corrected chi connectivity index (χ4v) is 4.13. The first-order valence-corrected chi connectivity index (χ1v) is 9.55. The third-order valence-corrected chi connectivity index (χ3v) is 5.79. The zero-order valence-electron chi connectivity index (χ0n) is 14.0. The van der Waals surface area contributed by atoms with Crippen molar-refractivity contribution in [2.45, 2.75) is 11.1 Å². The summed E-state index contributed by atoms with van der Waals surface area (Å²) in [4.78, 5) is -0.733. The van der Waals surface area contributed by atoms with Gasteiger partial charge in [-0.3, -0.25) is 0 Å². The molecule has 0 heterocycles. The Morgan fingerprint density at radius 3 is 2.27 bits per heavy atom. The first-order valence-electron chi connectivity index (χ1n) is 7.52. The van der Waals surface area contributed by atoms with Gasteiger partial charge in [-0.15, -0.1) is 0 Å². The van der Waals surface area contributed by atoms with Gasteiger partial charge in [0.25, 0.3) is 0 Å². The number of methoxy groups -OCH3 is 1. The Labute approximate surface area is 154 Å². The molecule has 0 amide bonds. The van der Waals surface area contributed by atoms with E-state index in [0.29, 0.717) is 11.3 Å². The SMILES string of the molecule is CNCCS(=O)(=O)c1ccc(-c2ccc(OC)c(Cl)c2)cc1C(F)(F)F. The second kappa shape index (κ2) is 7.85.